The van der Waals surface area contributed by atoms with E-state index in [2.05, 4.69) is 18.8 Å². The molecule has 0 amide bonds. The Balaban J connectivity index is 2.23. The van der Waals surface area contributed by atoms with Crippen LogP contribution in [0.5, 0.6) is 0 Å². The summed E-state index contributed by atoms with van der Waals surface area (Å²) in [4.78, 5) is 4.27. The highest BCUT2D eigenvalue weighted by Gasteiger charge is 2.37. The Labute approximate surface area is 116 Å². The maximum Gasteiger partial charge on any atom is 0.201 e. The highest BCUT2D eigenvalue weighted by atomic mass is 35.5. The Morgan fingerprint density at radius 1 is 1.47 bits per heavy atom. The largest absolute Gasteiger partial charge is 0.369 e. The quantitative estimate of drug-likeness (QED) is 0.853. The number of imidazole rings is 1. The molecule has 0 bridgehead atoms. The molecule has 1 aromatic heterocycles. The third kappa shape index (κ3) is 1.89. The van der Waals surface area contributed by atoms with Crippen molar-refractivity contribution in [1.82, 2.24) is 9.55 Å². The first-order chi connectivity index (χ1) is 8.90. The Morgan fingerprint density at radius 2 is 2.21 bits per heavy atom. The van der Waals surface area contributed by atoms with E-state index in [1.165, 1.54) is 12.5 Å². The van der Waals surface area contributed by atoms with Crippen LogP contribution in [0.15, 0.2) is 12.1 Å². The van der Waals surface area contributed by atoms with Crippen LogP contribution in [0.25, 0.3) is 11.0 Å². The molecular formula is C14H17ClFN3. The van der Waals surface area contributed by atoms with Crippen LogP contribution in [0.4, 0.5) is 10.3 Å². The molecule has 1 aliphatic rings. The molecule has 2 aromatic rings. The number of nitrogens with zero attached hydrogens (tertiary/aromatic N) is 2. The molecule has 1 saturated carbocycles. The number of aromatic nitrogens is 2. The molecule has 102 valence electrons. The fourth-order valence-electron chi connectivity index (χ4n) is 3.22. The normalized spacial score (nSPS) is 22.2. The minimum Gasteiger partial charge on any atom is -0.369 e. The average Bonchev–Trinajstić information content (AvgIpc) is 2.79. The van der Waals surface area contributed by atoms with E-state index in [4.69, 9.17) is 17.3 Å². The SMILES string of the molecule is CC1(C)CCCC1n1c(N)nc2cc(F)c(Cl)cc21. The van der Waals surface area contributed by atoms with Crippen molar-refractivity contribution in [3.8, 4) is 0 Å². The smallest absolute Gasteiger partial charge is 0.201 e. The van der Waals surface area contributed by atoms with Crippen molar-refractivity contribution >= 4 is 28.6 Å². The molecule has 5 heteroatoms. The van der Waals surface area contributed by atoms with E-state index in [1.807, 2.05) is 4.57 Å². The van der Waals surface area contributed by atoms with Gasteiger partial charge in [0.15, 0.2) is 0 Å². The van der Waals surface area contributed by atoms with Gasteiger partial charge in [0.25, 0.3) is 0 Å². The monoisotopic (exact) mass is 281 g/mol. The second-order valence-corrected chi connectivity index (χ2v) is 6.40. The van der Waals surface area contributed by atoms with Gasteiger partial charge in [0.05, 0.1) is 16.1 Å². The molecule has 0 aliphatic heterocycles. The Hall–Kier alpha value is -1.29. The molecule has 1 heterocycles. The fraction of sp³-hybridized carbons (Fsp3) is 0.500. The lowest BCUT2D eigenvalue weighted by Crippen LogP contribution is -2.22. The number of halogens is 2. The second kappa shape index (κ2) is 4.10. The van der Waals surface area contributed by atoms with Crippen LogP contribution < -0.4 is 5.73 Å². The van der Waals surface area contributed by atoms with Crippen molar-refractivity contribution < 1.29 is 4.39 Å². The van der Waals surface area contributed by atoms with Crippen LogP contribution >= 0.6 is 11.6 Å². The molecule has 1 aromatic carbocycles. The van der Waals surface area contributed by atoms with Crippen LogP contribution in [0.3, 0.4) is 0 Å². The van der Waals surface area contributed by atoms with Gasteiger partial charge in [-0.1, -0.05) is 31.9 Å². The van der Waals surface area contributed by atoms with Gasteiger partial charge in [-0.3, -0.25) is 0 Å². The number of hydrogen-bond acceptors (Lipinski definition) is 2. The molecule has 3 rings (SSSR count). The number of hydrogen-bond donors (Lipinski definition) is 1. The van der Waals surface area contributed by atoms with Crippen molar-refractivity contribution in [2.24, 2.45) is 5.41 Å². The first-order valence-corrected chi connectivity index (χ1v) is 6.90. The zero-order valence-corrected chi connectivity index (χ0v) is 11.8. The molecule has 1 fully saturated rings. The average molecular weight is 282 g/mol. The predicted molar refractivity (Wildman–Crippen MR) is 75.8 cm³/mol. The number of nitrogen functional groups attached to an aromatic ring is 1. The third-order valence-electron chi connectivity index (χ3n) is 4.27. The number of benzene rings is 1. The summed E-state index contributed by atoms with van der Waals surface area (Å²) in [6, 6.07) is 3.27. The fourth-order valence-corrected chi connectivity index (χ4v) is 3.38. The van der Waals surface area contributed by atoms with E-state index in [0.717, 1.165) is 18.4 Å². The molecule has 1 aliphatic carbocycles. The van der Waals surface area contributed by atoms with Crippen LogP contribution in [0.2, 0.25) is 5.02 Å². The van der Waals surface area contributed by atoms with E-state index in [-0.39, 0.29) is 10.4 Å². The summed E-state index contributed by atoms with van der Waals surface area (Å²) in [7, 11) is 0. The number of anilines is 1. The summed E-state index contributed by atoms with van der Waals surface area (Å²) < 4.78 is 15.5. The van der Waals surface area contributed by atoms with Gasteiger partial charge in [0.2, 0.25) is 5.95 Å². The highest BCUT2D eigenvalue weighted by Crippen LogP contribution is 2.48. The van der Waals surface area contributed by atoms with Gasteiger partial charge in [-0.25, -0.2) is 9.37 Å². The van der Waals surface area contributed by atoms with Gasteiger partial charge in [-0.15, -0.1) is 0 Å². The zero-order valence-electron chi connectivity index (χ0n) is 11.1. The van der Waals surface area contributed by atoms with Crippen LogP contribution in [-0.2, 0) is 0 Å². The summed E-state index contributed by atoms with van der Waals surface area (Å²) in [6.45, 7) is 4.47. The van der Waals surface area contributed by atoms with Crippen LogP contribution in [0, 0.1) is 11.2 Å². The lowest BCUT2D eigenvalue weighted by molar-refractivity contribution is 0.268. The topological polar surface area (TPSA) is 43.8 Å². The van der Waals surface area contributed by atoms with Crippen molar-refractivity contribution in [2.45, 2.75) is 39.2 Å². The molecule has 0 radical (unpaired) electrons. The number of rotatable bonds is 1. The molecule has 1 atom stereocenters. The van der Waals surface area contributed by atoms with Crippen molar-refractivity contribution in [3.05, 3.63) is 23.0 Å². The molecule has 0 saturated heterocycles. The molecule has 3 nitrogen and oxygen atoms in total. The van der Waals surface area contributed by atoms with Gasteiger partial charge in [0.1, 0.15) is 5.82 Å². The van der Waals surface area contributed by atoms with E-state index < -0.39 is 5.82 Å². The van der Waals surface area contributed by atoms with Gasteiger partial charge in [0, 0.05) is 12.1 Å². The number of fused-ring (bicyclic) bond motifs is 1. The molecule has 2 N–H and O–H groups in total. The van der Waals surface area contributed by atoms with E-state index in [0.29, 0.717) is 17.5 Å². The maximum atomic E-state index is 13.5. The zero-order chi connectivity index (χ0) is 13.8. The molecule has 19 heavy (non-hydrogen) atoms. The predicted octanol–water partition coefficient (Wildman–Crippen LogP) is 4.16. The summed E-state index contributed by atoms with van der Waals surface area (Å²) >= 11 is 5.89. The summed E-state index contributed by atoms with van der Waals surface area (Å²) in [5, 5.41) is 0.115. The third-order valence-corrected chi connectivity index (χ3v) is 4.56. The lowest BCUT2D eigenvalue weighted by Gasteiger charge is -2.29. The second-order valence-electron chi connectivity index (χ2n) is 5.99. The van der Waals surface area contributed by atoms with E-state index in [9.17, 15) is 4.39 Å². The van der Waals surface area contributed by atoms with Gasteiger partial charge in [-0.05, 0) is 24.3 Å². The minimum absolute atomic E-state index is 0.115. The maximum absolute atomic E-state index is 13.5. The molecule has 1 unspecified atom stereocenters. The Bertz CT molecular complexity index is 648. The van der Waals surface area contributed by atoms with E-state index in [1.54, 1.807) is 6.07 Å². The van der Waals surface area contributed by atoms with Crippen molar-refractivity contribution in [3.63, 3.8) is 0 Å². The Morgan fingerprint density at radius 3 is 2.84 bits per heavy atom. The molecule has 0 spiro atoms. The van der Waals surface area contributed by atoms with Crippen molar-refractivity contribution in [2.75, 3.05) is 5.73 Å². The minimum atomic E-state index is -0.454. The first-order valence-electron chi connectivity index (χ1n) is 6.52. The standard InChI is InChI=1S/C14H17ClFN3/c1-14(2)5-3-4-12(14)19-11-6-8(15)9(16)7-10(11)18-13(19)17/h6-7,12H,3-5H2,1-2H3,(H2,17,18). The lowest BCUT2D eigenvalue weighted by atomic mass is 9.87. The summed E-state index contributed by atoms with van der Waals surface area (Å²) in [5.74, 6) is -0.0128. The van der Waals surface area contributed by atoms with Crippen LogP contribution in [-0.4, -0.2) is 9.55 Å². The number of nitrogens with two attached hydrogens (primary N) is 1. The van der Waals surface area contributed by atoms with Gasteiger partial charge in [-0.2, -0.15) is 0 Å². The van der Waals surface area contributed by atoms with Crippen molar-refractivity contribution in [1.29, 1.82) is 0 Å². The van der Waals surface area contributed by atoms with E-state index >= 15 is 0 Å². The van der Waals surface area contributed by atoms with Gasteiger partial charge >= 0.3 is 0 Å². The summed E-state index contributed by atoms with van der Waals surface area (Å²) in [6.07, 6.45) is 3.40. The van der Waals surface area contributed by atoms with Crippen LogP contribution in [0.1, 0.15) is 39.2 Å². The molecular weight excluding hydrogens is 265 g/mol. The Kier molecular flexibility index (Phi) is 2.75. The van der Waals surface area contributed by atoms with Gasteiger partial charge < -0.3 is 10.3 Å². The summed E-state index contributed by atoms with van der Waals surface area (Å²) in [5.41, 5.74) is 7.60. The first kappa shape index (κ1) is 12.7. The highest BCUT2D eigenvalue weighted by molar-refractivity contribution is 6.31.